The van der Waals surface area contributed by atoms with Gasteiger partial charge in [-0.05, 0) is 40.5 Å². The van der Waals surface area contributed by atoms with E-state index in [0.29, 0.717) is 17.5 Å². The number of fused-ring (bicyclic) bond motifs is 4. The van der Waals surface area contributed by atoms with Crippen LogP contribution >= 0.6 is 0 Å². The highest BCUT2D eigenvalue weighted by molar-refractivity contribution is 6.06. The molecule has 4 nitrogen and oxygen atoms in total. The Hall–Kier alpha value is -5.35. The van der Waals surface area contributed by atoms with Crippen molar-refractivity contribution >= 4 is 32.9 Å². The van der Waals surface area contributed by atoms with E-state index in [-0.39, 0.29) is 0 Å². The number of aromatic nitrogens is 3. The molecule has 0 unspecified atom stereocenters. The molecule has 1 aliphatic carbocycles. The number of para-hydroxylation sites is 1. The highest BCUT2D eigenvalue weighted by Crippen LogP contribution is 2.44. The molecule has 41 heavy (non-hydrogen) atoms. The summed E-state index contributed by atoms with van der Waals surface area (Å²) in [7, 11) is 0. The van der Waals surface area contributed by atoms with E-state index >= 15 is 0 Å². The highest BCUT2D eigenvalue weighted by Gasteiger charge is 2.29. The Morgan fingerprint density at radius 2 is 1.12 bits per heavy atom. The molecule has 0 aliphatic heterocycles. The minimum absolute atomic E-state index is 0.651. The molecular weight excluding hydrogens is 502 g/mol. The zero-order valence-electron chi connectivity index (χ0n) is 22.3. The van der Waals surface area contributed by atoms with Crippen LogP contribution in [0.2, 0.25) is 0 Å². The first-order valence-corrected chi connectivity index (χ1v) is 13.9. The van der Waals surface area contributed by atoms with Gasteiger partial charge in [0.2, 0.25) is 0 Å². The third-order valence-electron chi connectivity index (χ3n) is 7.84. The van der Waals surface area contributed by atoms with Gasteiger partial charge in [0.25, 0.3) is 0 Å². The van der Waals surface area contributed by atoms with E-state index < -0.39 is 0 Å². The lowest BCUT2D eigenvalue weighted by atomic mass is 9.84. The average Bonchev–Trinajstić information content (AvgIpc) is 3.43. The Balaban J connectivity index is 1.44. The van der Waals surface area contributed by atoms with Crippen molar-refractivity contribution in [2.45, 2.75) is 12.8 Å². The molecule has 0 bridgehead atoms. The fraction of sp³-hybridized carbons (Fsp3) is 0.0541. The number of rotatable bonds is 4. The van der Waals surface area contributed by atoms with E-state index in [9.17, 15) is 0 Å². The molecule has 4 heteroatoms. The van der Waals surface area contributed by atoms with Crippen LogP contribution in [0, 0.1) is 0 Å². The minimum atomic E-state index is 0.651. The van der Waals surface area contributed by atoms with Crippen LogP contribution in [0.25, 0.3) is 55.7 Å². The molecular formula is C37H25N3O. The molecule has 2 heterocycles. The van der Waals surface area contributed by atoms with Crippen LogP contribution in [0.5, 0.6) is 0 Å². The van der Waals surface area contributed by atoms with Crippen molar-refractivity contribution in [3.8, 4) is 22.8 Å². The SMILES string of the molecule is c1ccc(C2=C(c3nc(-c4ccccc4)nc(-c4ccc5ccccc5c4)n3)c3c(oc4ccccc34)CC2)cc1. The maximum absolute atomic E-state index is 6.40. The number of hydrogen-bond donors (Lipinski definition) is 0. The summed E-state index contributed by atoms with van der Waals surface area (Å²) < 4.78 is 6.40. The lowest BCUT2D eigenvalue weighted by Crippen LogP contribution is -2.09. The Bertz CT molecular complexity index is 2090. The maximum Gasteiger partial charge on any atom is 0.165 e. The molecule has 0 saturated carbocycles. The van der Waals surface area contributed by atoms with Crippen LogP contribution < -0.4 is 0 Å². The minimum Gasteiger partial charge on any atom is -0.460 e. The standard InChI is InChI=1S/C37H25N3O/c1-3-12-25(13-4-1)29-21-22-32-33(30-17-9-10-18-31(30)41-32)34(29)37-39-35(26-14-5-2-6-15-26)38-36(40-37)28-20-19-24-11-7-8-16-27(24)23-28/h1-20,23H,21-22H2. The zero-order chi connectivity index (χ0) is 27.2. The molecule has 0 N–H and O–H groups in total. The summed E-state index contributed by atoms with van der Waals surface area (Å²) in [6.45, 7) is 0. The second kappa shape index (κ2) is 9.68. The second-order valence-corrected chi connectivity index (χ2v) is 10.4. The summed E-state index contributed by atoms with van der Waals surface area (Å²) in [5, 5.41) is 3.42. The summed E-state index contributed by atoms with van der Waals surface area (Å²) >= 11 is 0. The van der Waals surface area contributed by atoms with Crippen LogP contribution in [0.15, 0.2) is 132 Å². The first-order chi connectivity index (χ1) is 20.3. The van der Waals surface area contributed by atoms with Gasteiger partial charge in [-0.3, -0.25) is 0 Å². The summed E-state index contributed by atoms with van der Waals surface area (Å²) in [6, 6.07) is 43.8. The van der Waals surface area contributed by atoms with Gasteiger partial charge in [-0.15, -0.1) is 0 Å². The van der Waals surface area contributed by atoms with E-state index in [4.69, 9.17) is 19.4 Å². The van der Waals surface area contributed by atoms with Crippen LogP contribution in [0.3, 0.4) is 0 Å². The number of hydrogen-bond acceptors (Lipinski definition) is 4. The van der Waals surface area contributed by atoms with Gasteiger partial charge < -0.3 is 4.42 Å². The smallest absolute Gasteiger partial charge is 0.165 e. The average molecular weight is 528 g/mol. The molecule has 0 saturated heterocycles. The van der Waals surface area contributed by atoms with E-state index in [0.717, 1.165) is 57.2 Å². The molecule has 194 valence electrons. The Labute approximate surface area is 237 Å². The van der Waals surface area contributed by atoms with Crippen molar-refractivity contribution in [3.63, 3.8) is 0 Å². The Kier molecular flexibility index (Phi) is 5.56. The third-order valence-corrected chi connectivity index (χ3v) is 7.84. The largest absolute Gasteiger partial charge is 0.460 e. The predicted molar refractivity (Wildman–Crippen MR) is 165 cm³/mol. The molecule has 5 aromatic carbocycles. The summed E-state index contributed by atoms with van der Waals surface area (Å²) in [5.41, 5.74) is 7.29. The molecule has 0 atom stereocenters. The van der Waals surface area contributed by atoms with Crippen LogP contribution in [0.4, 0.5) is 0 Å². The van der Waals surface area contributed by atoms with Gasteiger partial charge >= 0.3 is 0 Å². The first kappa shape index (κ1) is 23.5. The van der Waals surface area contributed by atoms with E-state index in [1.165, 1.54) is 16.5 Å². The quantitative estimate of drug-likeness (QED) is 0.229. The van der Waals surface area contributed by atoms with Gasteiger partial charge in [0.15, 0.2) is 17.5 Å². The summed E-state index contributed by atoms with van der Waals surface area (Å²) in [5.74, 6) is 2.95. The van der Waals surface area contributed by atoms with Crippen molar-refractivity contribution < 1.29 is 4.42 Å². The Morgan fingerprint density at radius 1 is 0.488 bits per heavy atom. The van der Waals surface area contributed by atoms with Crippen molar-refractivity contribution in [1.29, 1.82) is 0 Å². The summed E-state index contributed by atoms with van der Waals surface area (Å²) in [6.07, 6.45) is 1.66. The number of aryl methyl sites for hydroxylation is 1. The fourth-order valence-corrected chi connectivity index (χ4v) is 5.90. The van der Waals surface area contributed by atoms with Gasteiger partial charge in [-0.1, -0.05) is 115 Å². The number of furan rings is 1. The highest BCUT2D eigenvalue weighted by atomic mass is 16.3. The molecule has 7 aromatic rings. The van der Waals surface area contributed by atoms with E-state index in [1.807, 2.05) is 30.3 Å². The molecule has 0 radical (unpaired) electrons. The molecule has 8 rings (SSSR count). The first-order valence-electron chi connectivity index (χ1n) is 13.9. The van der Waals surface area contributed by atoms with Gasteiger partial charge in [0.05, 0.1) is 0 Å². The number of benzene rings is 5. The third kappa shape index (κ3) is 4.12. The normalized spacial score (nSPS) is 13.1. The molecule has 0 spiro atoms. The lowest BCUT2D eigenvalue weighted by Gasteiger charge is -2.21. The Morgan fingerprint density at radius 3 is 1.93 bits per heavy atom. The van der Waals surface area contributed by atoms with Gasteiger partial charge in [0, 0.05) is 34.1 Å². The maximum atomic E-state index is 6.40. The topological polar surface area (TPSA) is 51.8 Å². The number of allylic oxidation sites excluding steroid dienone is 1. The van der Waals surface area contributed by atoms with Crippen LogP contribution in [0.1, 0.15) is 29.1 Å². The van der Waals surface area contributed by atoms with Crippen molar-refractivity contribution in [3.05, 3.63) is 150 Å². The molecule has 2 aromatic heterocycles. The van der Waals surface area contributed by atoms with Crippen molar-refractivity contribution in [2.24, 2.45) is 0 Å². The van der Waals surface area contributed by atoms with Crippen molar-refractivity contribution in [2.75, 3.05) is 0 Å². The predicted octanol–water partition coefficient (Wildman–Crippen LogP) is 9.01. The van der Waals surface area contributed by atoms with Gasteiger partial charge in [0.1, 0.15) is 11.3 Å². The van der Waals surface area contributed by atoms with E-state index in [1.54, 1.807) is 0 Å². The van der Waals surface area contributed by atoms with Crippen LogP contribution in [-0.4, -0.2) is 15.0 Å². The summed E-state index contributed by atoms with van der Waals surface area (Å²) in [4.78, 5) is 15.4. The monoisotopic (exact) mass is 527 g/mol. The number of nitrogens with zero attached hydrogens (tertiary/aromatic N) is 3. The second-order valence-electron chi connectivity index (χ2n) is 10.4. The van der Waals surface area contributed by atoms with Gasteiger partial charge in [-0.25, -0.2) is 15.0 Å². The molecule has 1 aliphatic rings. The van der Waals surface area contributed by atoms with Crippen molar-refractivity contribution in [1.82, 2.24) is 15.0 Å². The lowest BCUT2D eigenvalue weighted by molar-refractivity contribution is 0.547. The van der Waals surface area contributed by atoms with Crippen LogP contribution in [-0.2, 0) is 6.42 Å². The molecule has 0 amide bonds. The fourth-order valence-electron chi connectivity index (χ4n) is 5.90. The zero-order valence-corrected chi connectivity index (χ0v) is 22.3. The van der Waals surface area contributed by atoms with Gasteiger partial charge in [-0.2, -0.15) is 0 Å². The molecule has 0 fully saturated rings. The van der Waals surface area contributed by atoms with E-state index in [2.05, 4.69) is 97.1 Å².